The van der Waals surface area contributed by atoms with Gasteiger partial charge in [-0.2, -0.15) is 0 Å². The standard InChI is InChI=1S/C6H13N/c7-6-4-2-1-3-5-6/h6H,1-5,7H2/i4D2,5D2,6D. The van der Waals surface area contributed by atoms with Crippen molar-refractivity contribution >= 4 is 0 Å². The lowest BCUT2D eigenvalue weighted by atomic mass is 9.97. The van der Waals surface area contributed by atoms with Gasteiger partial charge in [-0.3, -0.25) is 0 Å². The summed E-state index contributed by atoms with van der Waals surface area (Å²) in [4.78, 5) is 0. The van der Waals surface area contributed by atoms with Crippen LogP contribution in [0, 0.1) is 0 Å². The minimum atomic E-state index is -2.11. The molecule has 1 aliphatic carbocycles. The first-order valence-electron chi connectivity index (χ1n) is 5.00. The summed E-state index contributed by atoms with van der Waals surface area (Å²) in [5.74, 6) is 0. The predicted molar refractivity (Wildman–Crippen MR) is 31.1 cm³/mol. The lowest BCUT2D eigenvalue weighted by molar-refractivity contribution is 0.441. The highest BCUT2D eigenvalue weighted by Crippen LogP contribution is 2.14. The maximum Gasteiger partial charge on any atom is 0.0462 e. The average molecular weight is 104 g/mol. The van der Waals surface area contributed by atoms with Crippen LogP contribution in [0.4, 0.5) is 0 Å². The van der Waals surface area contributed by atoms with E-state index in [9.17, 15) is 0 Å². The second-order valence-electron chi connectivity index (χ2n) is 1.62. The number of hydrogen-bond donors (Lipinski definition) is 1. The van der Waals surface area contributed by atoms with E-state index in [1.165, 1.54) is 0 Å². The molecule has 1 saturated carbocycles. The summed E-state index contributed by atoms with van der Waals surface area (Å²) in [6.07, 6.45) is -3.04. The number of nitrogens with two attached hydrogens (primary N) is 1. The van der Waals surface area contributed by atoms with Gasteiger partial charge in [0.05, 0.1) is 0 Å². The molecule has 42 valence electrons. The van der Waals surface area contributed by atoms with Crippen LogP contribution in [0.2, 0.25) is 0 Å². The van der Waals surface area contributed by atoms with Crippen LogP contribution in [0.25, 0.3) is 0 Å². The Bertz CT molecular complexity index is 170. The van der Waals surface area contributed by atoms with E-state index in [2.05, 4.69) is 0 Å². The SMILES string of the molecule is [2H]C1([2H])CCCC([2H])([2H])C1([2H])N. The summed E-state index contributed by atoms with van der Waals surface area (Å²) < 4.78 is 37.1. The third kappa shape index (κ3) is 1.48. The molecule has 0 spiro atoms. The van der Waals surface area contributed by atoms with E-state index < -0.39 is 18.8 Å². The van der Waals surface area contributed by atoms with Crippen molar-refractivity contribution in [1.29, 1.82) is 0 Å². The van der Waals surface area contributed by atoms with Gasteiger partial charge in [-0.25, -0.2) is 0 Å². The van der Waals surface area contributed by atoms with Crippen LogP contribution in [-0.2, 0) is 0 Å². The van der Waals surface area contributed by atoms with E-state index in [0.717, 1.165) is 0 Å². The molecule has 0 atom stereocenters. The minimum absolute atomic E-state index is 0.173. The molecule has 0 amide bonds. The quantitative estimate of drug-likeness (QED) is 0.492. The highest BCUT2D eigenvalue weighted by Gasteiger charge is 2.06. The summed E-state index contributed by atoms with van der Waals surface area (Å²) in [6.45, 7) is 0. The molecule has 2 N–H and O–H groups in total. The Kier molecular flexibility index (Phi) is 0.571. The Labute approximate surface area is 51.9 Å². The molecule has 0 unspecified atom stereocenters. The molecule has 0 aromatic rings. The monoisotopic (exact) mass is 104 g/mol. The summed E-state index contributed by atoms with van der Waals surface area (Å²) in [5, 5.41) is 0. The second-order valence-corrected chi connectivity index (χ2v) is 1.62. The maximum absolute atomic E-state index is 7.46. The molecular formula is C6H13N. The Morgan fingerprint density at radius 2 is 2.00 bits per heavy atom. The van der Waals surface area contributed by atoms with Crippen molar-refractivity contribution in [2.24, 2.45) is 5.73 Å². The maximum atomic E-state index is 7.46. The summed E-state index contributed by atoms with van der Waals surface area (Å²) in [6, 6.07) is -2.11. The minimum Gasteiger partial charge on any atom is -0.328 e. The van der Waals surface area contributed by atoms with E-state index in [0.29, 0.717) is 6.42 Å². The average Bonchev–Trinajstić information content (AvgIpc) is 1.83. The molecule has 0 aromatic carbocycles. The molecule has 1 aliphatic rings. The van der Waals surface area contributed by atoms with Gasteiger partial charge in [-0.05, 0) is 12.7 Å². The topological polar surface area (TPSA) is 26.0 Å². The largest absolute Gasteiger partial charge is 0.328 e. The van der Waals surface area contributed by atoms with Crippen molar-refractivity contribution in [3.63, 3.8) is 0 Å². The van der Waals surface area contributed by atoms with Gasteiger partial charge in [0.25, 0.3) is 0 Å². The van der Waals surface area contributed by atoms with Crippen molar-refractivity contribution in [2.75, 3.05) is 0 Å². The normalized spacial score (nSPS) is 54.7. The molecule has 0 bridgehead atoms. The van der Waals surface area contributed by atoms with Crippen LogP contribution in [0.15, 0.2) is 0 Å². The van der Waals surface area contributed by atoms with Crippen LogP contribution in [0.3, 0.4) is 0 Å². The first-order valence-corrected chi connectivity index (χ1v) is 2.50. The highest BCUT2D eigenvalue weighted by atomic mass is 14.6. The van der Waals surface area contributed by atoms with Gasteiger partial charge in [0.1, 0.15) is 0 Å². The van der Waals surface area contributed by atoms with Gasteiger partial charge in [0.15, 0.2) is 0 Å². The van der Waals surface area contributed by atoms with Crippen molar-refractivity contribution in [3.05, 3.63) is 0 Å². The van der Waals surface area contributed by atoms with Crippen molar-refractivity contribution in [1.82, 2.24) is 0 Å². The van der Waals surface area contributed by atoms with Crippen LogP contribution in [0.5, 0.6) is 0 Å². The van der Waals surface area contributed by atoms with E-state index in [1.807, 2.05) is 0 Å². The van der Waals surface area contributed by atoms with Gasteiger partial charge < -0.3 is 5.73 Å². The predicted octanol–water partition coefficient (Wildman–Crippen LogP) is 1.28. The summed E-state index contributed by atoms with van der Waals surface area (Å²) >= 11 is 0. The van der Waals surface area contributed by atoms with Crippen molar-refractivity contribution in [3.8, 4) is 0 Å². The first-order chi connectivity index (χ1) is 5.21. The van der Waals surface area contributed by atoms with E-state index in [4.69, 9.17) is 12.6 Å². The summed E-state index contributed by atoms with van der Waals surface area (Å²) in [7, 11) is 0. The molecule has 7 heavy (non-hydrogen) atoms. The molecule has 0 aliphatic heterocycles. The number of rotatable bonds is 0. The lowest BCUT2D eigenvalue weighted by Crippen LogP contribution is -2.22. The third-order valence-electron chi connectivity index (χ3n) is 0.984. The zero-order chi connectivity index (χ0) is 9.62. The third-order valence-corrected chi connectivity index (χ3v) is 0.984. The molecule has 1 nitrogen and oxygen atoms in total. The zero-order valence-corrected chi connectivity index (χ0v) is 4.20. The van der Waals surface area contributed by atoms with Crippen LogP contribution in [0.1, 0.15) is 38.9 Å². The molecule has 0 saturated heterocycles. The molecular weight excluding hydrogens is 86.1 g/mol. The van der Waals surface area contributed by atoms with Crippen LogP contribution < -0.4 is 5.73 Å². The Morgan fingerprint density at radius 1 is 1.43 bits per heavy atom. The van der Waals surface area contributed by atoms with Crippen LogP contribution in [-0.4, -0.2) is 6.02 Å². The smallest absolute Gasteiger partial charge is 0.0462 e. The Hall–Kier alpha value is -0.0400. The molecule has 0 heterocycles. The van der Waals surface area contributed by atoms with E-state index in [1.54, 1.807) is 0 Å². The molecule has 1 heteroatoms. The fraction of sp³-hybridized carbons (Fsp3) is 1.00. The van der Waals surface area contributed by atoms with Crippen molar-refractivity contribution in [2.45, 2.75) is 38.0 Å². The van der Waals surface area contributed by atoms with Crippen LogP contribution >= 0.6 is 0 Å². The van der Waals surface area contributed by atoms with E-state index >= 15 is 0 Å². The van der Waals surface area contributed by atoms with Gasteiger partial charge in [0, 0.05) is 12.9 Å². The molecule has 1 rings (SSSR count). The molecule has 0 aromatic heterocycles. The fourth-order valence-corrected chi connectivity index (χ4v) is 0.597. The zero-order valence-electron chi connectivity index (χ0n) is 9.20. The molecule has 0 radical (unpaired) electrons. The fourth-order valence-electron chi connectivity index (χ4n) is 0.597. The van der Waals surface area contributed by atoms with Gasteiger partial charge >= 0.3 is 0 Å². The van der Waals surface area contributed by atoms with Gasteiger partial charge in [0.2, 0.25) is 0 Å². The van der Waals surface area contributed by atoms with E-state index in [-0.39, 0.29) is 12.8 Å². The lowest BCUT2D eigenvalue weighted by Gasteiger charge is -2.15. The number of hydrogen-bond acceptors (Lipinski definition) is 1. The van der Waals surface area contributed by atoms with Gasteiger partial charge in [-0.15, -0.1) is 0 Å². The summed E-state index contributed by atoms with van der Waals surface area (Å²) in [5.41, 5.74) is 5.35. The Morgan fingerprint density at radius 3 is 2.43 bits per heavy atom. The second kappa shape index (κ2) is 2.31. The van der Waals surface area contributed by atoms with Crippen molar-refractivity contribution < 1.29 is 6.85 Å². The first kappa shape index (κ1) is 1.73. The Balaban J connectivity index is 2.99. The highest BCUT2D eigenvalue weighted by molar-refractivity contribution is 4.66. The van der Waals surface area contributed by atoms with Gasteiger partial charge in [-0.1, -0.05) is 19.3 Å². The molecule has 1 fully saturated rings.